The van der Waals surface area contributed by atoms with Crippen LogP contribution in [0.3, 0.4) is 0 Å². The summed E-state index contributed by atoms with van der Waals surface area (Å²) in [5.74, 6) is -5.13. The lowest BCUT2D eigenvalue weighted by molar-refractivity contribution is -0.226. The molecule has 2 aromatic rings. The van der Waals surface area contributed by atoms with Crippen molar-refractivity contribution in [1.29, 1.82) is 0 Å². The summed E-state index contributed by atoms with van der Waals surface area (Å²) in [6.45, 7) is 8.23. The summed E-state index contributed by atoms with van der Waals surface area (Å²) in [4.78, 5) is 49.8. The Morgan fingerprint density at radius 3 is 2.30 bits per heavy atom. The van der Waals surface area contributed by atoms with Crippen molar-refractivity contribution in [3.8, 4) is 12.3 Å². The van der Waals surface area contributed by atoms with Gasteiger partial charge in [-0.15, -0.1) is 6.42 Å². The summed E-state index contributed by atoms with van der Waals surface area (Å²) < 4.78 is 39.9. The second-order valence-corrected chi connectivity index (χ2v) is 9.59. The number of nitrogen functional groups attached to an aromatic ring is 1. The van der Waals surface area contributed by atoms with Gasteiger partial charge in [-0.05, 0) is 5.92 Å². The van der Waals surface area contributed by atoms with Crippen molar-refractivity contribution in [2.75, 3.05) is 12.3 Å². The van der Waals surface area contributed by atoms with Crippen LogP contribution in [0.4, 0.5) is 10.2 Å². The minimum Gasteiger partial charge on any atom is -0.459 e. The molecule has 37 heavy (non-hydrogen) atoms. The Hall–Kier alpha value is -3.79. The molecule has 0 amide bonds. The molecule has 0 bridgehead atoms. The molecular formula is C24H30FN5O7. The number of fused-ring (bicyclic) bond motifs is 1. The van der Waals surface area contributed by atoms with Crippen LogP contribution in [0.2, 0.25) is 0 Å². The van der Waals surface area contributed by atoms with E-state index in [1.165, 1.54) is 24.7 Å². The number of alkyl halides is 1. The number of ether oxygens (including phenoxy) is 4. The Kier molecular flexibility index (Phi) is 7.73. The zero-order valence-corrected chi connectivity index (χ0v) is 21.4. The molecule has 2 aromatic heterocycles. The van der Waals surface area contributed by atoms with Gasteiger partial charge in [0.25, 0.3) is 11.5 Å². The second kappa shape index (κ2) is 10.3. The van der Waals surface area contributed by atoms with E-state index in [-0.39, 0.29) is 17.0 Å². The third-order valence-electron chi connectivity index (χ3n) is 5.65. The molecule has 3 heterocycles. The first-order valence-electron chi connectivity index (χ1n) is 11.6. The minimum absolute atomic E-state index is 0.0207. The van der Waals surface area contributed by atoms with Crippen LogP contribution in [0.25, 0.3) is 11.2 Å². The molecule has 1 aliphatic rings. The second-order valence-electron chi connectivity index (χ2n) is 9.59. The highest BCUT2D eigenvalue weighted by atomic mass is 19.2. The normalized spacial score (nSPS) is 25.4. The summed E-state index contributed by atoms with van der Waals surface area (Å²) in [5.41, 5.74) is 3.74. The molecule has 0 saturated carbocycles. The number of carbonyl (C=O) groups excluding carboxylic acids is 3. The Balaban J connectivity index is 2.23. The molecule has 12 nitrogen and oxygen atoms in total. The highest BCUT2D eigenvalue weighted by molar-refractivity contribution is 5.81. The van der Waals surface area contributed by atoms with Gasteiger partial charge in [0.2, 0.25) is 6.10 Å². The smallest absolute Gasteiger partial charge is 0.310 e. The van der Waals surface area contributed by atoms with Crippen molar-refractivity contribution in [2.24, 2.45) is 17.8 Å². The van der Waals surface area contributed by atoms with Crippen molar-refractivity contribution in [1.82, 2.24) is 19.5 Å². The summed E-state index contributed by atoms with van der Waals surface area (Å²) in [7, 11) is 0. The van der Waals surface area contributed by atoms with Gasteiger partial charge in [-0.3, -0.25) is 19.0 Å². The predicted molar refractivity (Wildman–Crippen MR) is 127 cm³/mol. The number of nitrogens with zero attached hydrogens (tertiary/aromatic N) is 4. The number of imidazole rings is 1. The molecule has 2 N–H and O–H groups in total. The van der Waals surface area contributed by atoms with E-state index >= 15 is 4.39 Å². The fourth-order valence-electron chi connectivity index (χ4n) is 3.53. The Bertz CT molecular complexity index is 1240. The quantitative estimate of drug-likeness (QED) is 0.309. The lowest BCUT2D eigenvalue weighted by atomic mass is 9.92. The number of hydrogen-bond acceptors (Lipinski definition) is 11. The number of hydrogen-bond donors (Lipinski definition) is 1. The van der Waals surface area contributed by atoms with Crippen LogP contribution in [0.15, 0.2) is 12.7 Å². The number of esters is 3. The van der Waals surface area contributed by atoms with E-state index in [0.29, 0.717) is 0 Å². The number of nitrogens with two attached hydrogens (primary N) is 1. The van der Waals surface area contributed by atoms with E-state index in [2.05, 4.69) is 20.9 Å². The lowest BCUT2D eigenvalue weighted by Crippen LogP contribution is -2.55. The van der Waals surface area contributed by atoms with Gasteiger partial charge in [0.05, 0.1) is 24.1 Å². The van der Waals surface area contributed by atoms with Gasteiger partial charge in [-0.25, -0.2) is 19.3 Å². The Morgan fingerprint density at radius 2 is 1.73 bits per heavy atom. The molecule has 0 unspecified atom stereocenters. The molecule has 0 aromatic carbocycles. The minimum atomic E-state index is -3.03. The van der Waals surface area contributed by atoms with E-state index in [1.807, 2.05) is 0 Å². The first-order valence-corrected chi connectivity index (χ1v) is 11.6. The fourth-order valence-corrected chi connectivity index (χ4v) is 3.53. The first kappa shape index (κ1) is 27.8. The van der Waals surface area contributed by atoms with Gasteiger partial charge >= 0.3 is 17.9 Å². The number of carbonyl (C=O) groups is 3. The van der Waals surface area contributed by atoms with Gasteiger partial charge in [0.1, 0.15) is 11.8 Å². The van der Waals surface area contributed by atoms with Crippen molar-refractivity contribution < 1.29 is 37.7 Å². The lowest BCUT2D eigenvalue weighted by Gasteiger charge is -2.34. The van der Waals surface area contributed by atoms with E-state index in [0.717, 1.165) is 6.33 Å². The number of terminal acetylenes is 1. The third kappa shape index (κ3) is 5.06. The molecule has 1 fully saturated rings. The Labute approximate surface area is 213 Å². The van der Waals surface area contributed by atoms with Gasteiger partial charge in [0.15, 0.2) is 24.3 Å². The SMILES string of the molecule is C#C[C@]1(OC(=O)C(C)C)[C@H](n2cnc3c(N)ncnc32)O[C@](F)(COC(=O)C(C)C)[C@H]1OC(=O)C(C)C. The van der Waals surface area contributed by atoms with Crippen molar-refractivity contribution in [3.05, 3.63) is 12.7 Å². The van der Waals surface area contributed by atoms with Gasteiger partial charge < -0.3 is 24.7 Å². The number of aromatic nitrogens is 4. The number of halogens is 1. The molecule has 0 radical (unpaired) electrons. The molecule has 3 rings (SSSR count). The molecule has 1 saturated heterocycles. The highest BCUT2D eigenvalue weighted by Crippen LogP contribution is 2.50. The highest BCUT2D eigenvalue weighted by Gasteiger charge is 2.71. The van der Waals surface area contributed by atoms with E-state index in [1.54, 1.807) is 27.7 Å². The van der Waals surface area contributed by atoms with E-state index in [9.17, 15) is 14.4 Å². The van der Waals surface area contributed by atoms with Crippen LogP contribution < -0.4 is 5.73 Å². The zero-order chi connectivity index (χ0) is 27.7. The molecule has 0 spiro atoms. The largest absolute Gasteiger partial charge is 0.459 e. The van der Waals surface area contributed by atoms with Crippen molar-refractivity contribution in [3.63, 3.8) is 0 Å². The zero-order valence-electron chi connectivity index (χ0n) is 21.4. The van der Waals surface area contributed by atoms with Crippen LogP contribution in [-0.4, -0.2) is 61.6 Å². The molecule has 13 heteroatoms. The Morgan fingerprint density at radius 1 is 1.11 bits per heavy atom. The number of rotatable bonds is 8. The maximum atomic E-state index is 16.7. The van der Waals surface area contributed by atoms with E-state index < -0.39 is 66.1 Å². The molecule has 1 aliphatic heterocycles. The summed E-state index contributed by atoms with van der Waals surface area (Å²) in [6.07, 6.45) is 4.54. The molecule has 4 atom stereocenters. The molecule has 200 valence electrons. The number of anilines is 1. The van der Waals surface area contributed by atoms with Crippen LogP contribution in [0.1, 0.15) is 47.8 Å². The fraction of sp³-hybridized carbons (Fsp3) is 0.583. The standard InChI is InChI=1S/C24H30FN5O7/c1-8-23(36-20(33)14(6)7)21(35-19(32)13(4)5)24(25,9-34-18(31)12(2)3)37-22(23)30-11-29-15-16(26)27-10-28-17(15)30/h1,10-14,21-22H,9H2,2-7H3,(H2,26,27,28)/t21-,22+,23+,24+/m0/s1. The maximum Gasteiger partial charge on any atom is 0.310 e. The van der Waals surface area contributed by atoms with Gasteiger partial charge in [-0.2, -0.15) is 0 Å². The predicted octanol–water partition coefficient (Wildman–Crippen LogP) is 1.94. The monoisotopic (exact) mass is 519 g/mol. The first-order chi connectivity index (χ1) is 17.3. The summed E-state index contributed by atoms with van der Waals surface area (Å²) >= 11 is 0. The van der Waals surface area contributed by atoms with Crippen LogP contribution in [0, 0.1) is 30.1 Å². The van der Waals surface area contributed by atoms with Crippen molar-refractivity contribution in [2.45, 2.75) is 65.3 Å². The maximum absolute atomic E-state index is 16.7. The topological polar surface area (TPSA) is 158 Å². The third-order valence-corrected chi connectivity index (χ3v) is 5.65. The van der Waals surface area contributed by atoms with Gasteiger partial charge in [-0.1, -0.05) is 41.5 Å². The van der Waals surface area contributed by atoms with Crippen molar-refractivity contribution >= 4 is 34.9 Å². The van der Waals surface area contributed by atoms with Crippen LogP contribution >= 0.6 is 0 Å². The van der Waals surface area contributed by atoms with Gasteiger partial charge in [0, 0.05) is 0 Å². The average Bonchev–Trinajstić information content (AvgIpc) is 3.36. The van der Waals surface area contributed by atoms with Crippen LogP contribution in [-0.2, 0) is 33.3 Å². The summed E-state index contributed by atoms with van der Waals surface area (Å²) in [6, 6.07) is 0. The van der Waals surface area contributed by atoms with Crippen LogP contribution in [0.5, 0.6) is 0 Å². The van der Waals surface area contributed by atoms with E-state index in [4.69, 9.17) is 31.1 Å². The average molecular weight is 520 g/mol. The summed E-state index contributed by atoms with van der Waals surface area (Å²) in [5, 5.41) is 0. The molecule has 0 aliphatic carbocycles. The molecular weight excluding hydrogens is 489 g/mol.